The lowest BCUT2D eigenvalue weighted by Crippen LogP contribution is -2.16. The zero-order valence-electron chi connectivity index (χ0n) is 10.3. The van der Waals surface area contributed by atoms with Crippen LogP contribution in [0.25, 0.3) is 11.0 Å². The number of H-pyrrole nitrogens is 1. The third-order valence-corrected chi connectivity index (χ3v) is 3.31. The van der Waals surface area contributed by atoms with Crippen LogP contribution in [0.5, 0.6) is 0 Å². The Balaban J connectivity index is 1.75. The third-order valence-electron chi connectivity index (χ3n) is 3.31. The van der Waals surface area contributed by atoms with E-state index < -0.39 is 17.8 Å². The van der Waals surface area contributed by atoms with Crippen molar-refractivity contribution in [1.82, 2.24) is 9.97 Å². The number of benzene rings is 1. The van der Waals surface area contributed by atoms with E-state index in [0.29, 0.717) is 12.1 Å². The molecule has 0 bridgehead atoms. The van der Waals surface area contributed by atoms with Crippen LogP contribution < -0.4 is 5.32 Å². The van der Waals surface area contributed by atoms with Crippen molar-refractivity contribution in [2.24, 2.45) is 11.8 Å². The van der Waals surface area contributed by atoms with Gasteiger partial charge in [0.2, 0.25) is 5.91 Å². The van der Waals surface area contributed by atoms with Crippen LogP contribution in [0.15, 0.2) is 18.2 Å². The molecular formula is C13H13N3O3. The molecule has 1 saturated carbocycles. The number of anilines is 1. The predicted molar refractivity (Wildman–Crippen MR) is 68.7 cm³/mol. The topological polar surface area (TPSA) is 95.1 Å². The summed E-state index contributed by atoms with van der Waals surface area (Å²) < 4.78 is 0. The summed E-state index contributed by atoms with van der Waals surface area (Å²) in [6, 6.07) is 5.38. The average Bonchev–Trinajstić information content (AvgIpc) is 3.06. The van der Waals surface area contributed by atoms with Gasteiger partial charge in [0.25, 0.3) is 0 Å². The quantitative estimate of drug-likeness (QED) is 0.779. The Morgan fingerprint density at radius 1 is 1.42 bits per heavy atom. The number of amides is 1. The second-order valence-corrected chi connectivity index (χ2v) is 4.83. The minimum Gasteiger partial charge on any atom is -0.481 e. The second-order valence-electron chi connectivity index (χ2n) is 4.83. The molecule has 6 heteroatoms. The summed E-state index contributed by atoms with van der Waals surface area (Å²) in [4.78, 5) is 29.9. The van der Waals surface area contributed by atoms with Crippen LogP contribution in [0.3, 0.4) is 0 Å². The van der Waals surface area contributed by atoms with Crippen LogP contribution in [0.4, 0.5) is 5.69 Å². The van der Waals surface area contributed by atoms with Crippen molar-refractivity contribution in [3.8, 4) is 0 Å². The summed E-state index contributed by atoms with van der Waals surface area (Å²) in [6.07, 6.45) is 0.423. The van der Waals surface area contributed by atoms with Gasteiger partial charge in [0.05, 0.1) is 22.9 Å². The number of carboxylic acids is 1. The van der Waals surface area contributed by atoms with Gasteiger partial charge < -0.3 is 15.4 Å². The Morgan fingerprint density at radius 2 is 2.21 bits per heavy atom. The maximum Gasteiger partial charge on any atom is 0.307 e. The largest absolute Gasteiger partial charge is 0.481 e. The third kappa shape index (κ3) is 2.16. The molecule has 0 saturated heterocycles. The minimum atomic E-state index is -0.903. The van der Waals surface area contributed by atoms with E-state index in [0.717, 1.165) is 16.9 Å². The maximum atomic E-state index is 11.8. The Morgan fingerprint density at radius 3 is 2.89 bits per heavy atom. The molecule has 2 unspecified atom stereocenters. The number of aromatic amines is 1. The van der Waals surface area contributed by atoms with E-state index in [1.54, 1.807) is 12.1 Å². The lowest BCUT2D eigenvalue weighted by Gasteiger charge is -2.04. The summed E-state index contributed by atoms with van der Waals surface area (Å²) in [5.41, 5.74) is 2.34. The number of hydrogen-bond acceptors (Lipinski definition) is 3. The van der Waals surface area contributed by atoms with E-state index in [-0.39, 0.29) is 5.91 Å². The molecule has 98 valence electrons. The Labute approximate surface area is 108 Å². The fraction of sp³-hybridized carbons (Fsp3) is 0.308. The SMILES string of the molecule is Cc1nc2ccc(NC(=O)C3CC3C(=O)O)cc2[nH]1. The van der Waals surface area contributed by atoms with Crippen molar-refractivity contribution >= 4 is 28.6 Å². The zero-order chi connectivity index (χ0) is 13.6. The first-order valence-electron chi connectivity index (χ1n) is 6.04. The number of carbonyl (C=O) groups excluding carboxylic acids is 1. The van der Waals surface area contributed by atoms with Crippen molar-refractivity contribution in [3.63, 3.8) is 0 Å². The summed E-state index contributed by atoms with van der Waals surface area (Å²) in [6.45, 7) is 1.86. The number of nitrogens with zero attached hydrogens (tertiary/aromatic N) is 1. The van der Waals surface area contributed by atoms with Crippen molar-refractivity contribution in [1.29, 1.82) is 0 Å². The number of fused-ring (bicyclic) bond motifs is 1. The molecule has 1 fully saturated rings. The first-order chi connectivity index (χ1) is 9.04. The molecule has 2 atom stereocenters. The number of carboxylic acid groups (broad SMARTS) is 1. The summed E-state index contributed by atoms with van der Waals surface area (Å²) in [5.74, 6) is -1.26. The molecule has 2 aromatic rings. The molecule has 1 aliphatic carbocycles. The lowest BCUT2D eigenvalue weighted by atomic mass is 10.2. The van der Waals surface area contributed by atoms with Crippen molar-refractivity contribution < 1.29 is 14.7 Å². The molecular weight excluding hydrogens is 246 g/mol. The van der Waals surface area contributed by atoms with E-state index in [2.05, 4.69) is 15.3 Å². The van der Waals surface area contributed by atoms with Crippen LogP contribution in [0, 0.1) is 18.8 Å². The van der Waals surface area contributed by atoms with E-state index >= 15 is 0 Å². The van der Waals surface area contributed by atoms with E-state index in [1.165, 1.54) is 0 Å². The molecule has 3 rings (SSSR count). The molecule has 1 heterocycles. The standard InChI is InChI=1S/C13H13N3O3/c1-6-14-10-3-2-7(4-11(10)15-6)16-12(17)8-5-9(8)13(18)19/h2-4,8-9H,5H2,1H3,(H,14,15)(H,16,17)(H,18,19). The Hall–Kier alpha value is -2.37. The van der Waals surface area contributed by atoms with Gasteiger partial charge in [-0.25, -0.2) is 4.98 Å². The average molecular weight is 259 g/mol. The first kappa shape index (κ1) is 11.7. The minimum absolute atomic E-state index is 0.233. The Kier molecular flexibility index (Phi) is 2.51. The van der Waals surface area contributed by atoms with Gasteiger partial charge in [0.1, 0.15) is 5.82 Å². The number of aromatic nitrogens is 2. The molecule has 1 aromatic heterocycles. The fourth-order valence-electron chi connectivity index (χ4n) is 2.21. The van der Waals surface area contributed by atoms with Gasteiger partial charge in [-0.15, -0.1) is 0 Å². The van der Waals surface area contributed by atoms with Gasteiger partial charge in [-0.3, -0.25) is 9.59 Å². The van der Waals surface area contributed by atoms with Crippen LogP contribution in [-0.4, -0.2) is 27.0 Å². The highest BCUT2D eigenvalue weighted by Gasteiger charge is 2.48. The van der Waals surface area contributed by atoms with Crippen molar-refractivity contribution in [2.75, 3.05) is 5.32 Å². The van der Waals surface area contributed by atoms with Gasteiger partial charge in [0.15, 0.2) is 0 Å². The van der Waals surface area contributed by atoms with Crippen LogP contribution in [0.2, 0.25) is 0 Å². The van der Waals surface area contributed by atoms with Gasteiger partial charge in [-0.1, -0.05) is 0 Å². The molecule has 1 amide bonds. The van der Waals surface area contributed by atoms with E-state index in [9.17, 15) is 9.59 Å². The molecule has 1 aliphatic rings. The molecule has 3 N–H and O–H groups in total. The highest BCUT2D eigenvalue weighted by Crippen LogP contribution is 2.39. The van der Waals surface area contributed by atoms with Crippen molar-refractivity contribution in [3.05, 3.63) is 24.0 Å². The van der Waals surface area contributed by atoms with Crippen molar-refractivity contribution in [2.45, 2.75) is 13.3 Å². The number of rotatable bonds is 3. The molecule has 0 aliphatic heterocycles. The molecule has 1 aromatic carbocycles. The molecule has 19 heavy (non-hydrogen) atoms. The van der Waals surface area contributed by atoms with Gasteiger partial charge in [0, 0.05) is 5.69 Å². The normalized spacial score (nSPS) is 21.3. The lowest BCUT2D eigenvalue weighted by molar-refractivity contribution is -0.139. The predicted octanol–water partition coefficient (Wildman–Crippen LogP) is 1.53. The molecule has 0 spiro atoms. The Bertz CT molecular complexity index is 677. The summed E-state index contributed by atoms with van der Waals surface area (Å²) >= 11 is 0. The summed E-state index contributed by atoms with van der Waals surface area (Å²) in [7, 11) is 0. The number of hydrogen-bond donors (Lipinski definition) is 3. The van der Waals surface area contributed by atoms with Gasteiger partial charge in [-0.05, 0) is 31.5 Å². The maximum absolute atomic E-state index is 11.8. The second kappa shape index (κ2) is 4.08. The number of aliphatic carboxylic acids is 1. The van der Waals surface area contributed by atoms with Crippen LogP contribution in [-0.2, 0) is 9.59 Å². The molecule has 0 radical (unpaired) electrons. The van der Waals surface area contributed by atoms with Gasteiger partial charge in [-0.2, -0.15) is 0 Å². The van der Waals surface area contributed by atoms with Crippen LogP contribution in [0.1, 0.15) is 12.2 Å². The highest BCUT2D eigenvalue weighted by atomic mass is 16.4. The highest BCUT2D eigenvalue weighted by molar-refractivity contribution is 5.99. The number of nitrogens with one attached hydrogen (secondary N) is 2. The monoisotopic (exact) mass is 259 g/mol. The van der Waals surface area contributed by atoms with E-state index in [4.69, 9.17) is 5.11 Å². The van der Waals surface area contributed by atoms with Gasteiger partial charge >= 0.3 is 5.97 Å². The smallest absolute Gasteiger partial charge is 0.307 e. The number of carbonyl (C=O) groups is 2. The van der Waals surface area contributed by atoms with Crippen LogP contribution >= 0.6 is 0 Å². The summed E-state index contributed by atoms with van der Waals surface area (Å²) in [5, 5.41) is 11.5. The number of imidazole rings is 1. The number of aryl methyl sites for hydroxylation is 1. The zero-order valence-corrected chi connectivity index (χ0v) is 10.3. The van der Waals surface area contributed by atoms with E-state index in [1.807, 2.05) is 13.0 Å². The first-order valence-corrected chi connectivity index (χ1v) is 6.04. The fourth-order valence-corrected chi connectivity index (χ4v) is 2.21. The molecule has 6 nitrogen and oxygen atoms in total.